The van der Waals surface area contributed by atoms with Gasteiger partial charge in [0.2, 0.25) is 0 Å². The van der Waals surface area contributed by atoms with Gasteiger partial charge in [-0.1, -0.05) is 27.7 Å². The molecule has 102 valence electrons. The zero-order chi connectivity index (χ0) is 13.2. The molecule has 1 rings (SSSR count). The van der Waals surface area contributed by atoms with Crippen molar-refractivity contribution in [3.8, 4) is 0 Å². The Kier molecular flexibility index (Phi) is 4.65. The quantitative estimate of drug-likeness (QED) is 0.788. The van der Waals surface area contributed by atoms with E-state index in [1.54, 1.807) is 0 Å². The van der Waals surface area contributed by atoms with E-state index in [1.807, 2.05) is 0 Å². The van der Waals surface area contributed by atoms with E-state index >= 15 is 0 Å². The lowest BCUT2D eigenvalue weighted by atomic mass is 9.79. The Morgan fingerprint density at radius 1 is 1.18 bits per heavy atom. The van der Waals surface area contributed by atoms with Crippen LogP contribution in [0.1, 0.15) is 60.8 Å². The van der Waals surface area contributed by atoms with Crippen LogP contribution in [-0.4, -0.2) is 25.2 Å². The van der Waals surface area contributed by atoms with Crippen molar-refractivity contribution in [1.82, 2.24) is 10.6 Å². The molecule has 2 N–H and O–H groups in total. The molecule has 0 bridgehead atoms. The molecule has 1 atom stereocenters. The monoisotopic (exact) mass is 240 g/mol. The minimum atomic E-state index is 0.235. The summed E-state index contributed by atoms with van der Waals surface area (Å²) in [5.74, 6) is 0. The molecule has 1 aliphatic heterocycles. The standard InChI is InChI=1S/C15H32N2/c1-13(2,3)10-14(4,5)17-12-15(6)8-7-9-16-11-15/h16-17H,7-12H2,1-6H3. The molecule has 2 heteroatoms. The average Bonchev–Trinajstić information content (AvgIpc) is 2.13. The molecule has 0 radical (unpaired) electrons. The fourth-order valence-electron chi connectivity index (χ4n) is 3.11. The largest absolute Gasteiger partial charge is 0.316 e. The van der Waals surface area contributed by atoms with Gasteiger partial charge in [0.15, 0.2) is 0 Å². The SMILES string of the molecule is CC(C)(C)CC(C)(C)NCC1(C)CCCNC1. The Morgan fingerprint density at radius 3 is 2.29 bits per heavy atom. The molecule has 17 heavy (non-hydrogen) atoms. The first kappa shape index (κ1) is 15.0. The fraction of sp³-hybridized carbons (Fsp3) is 1.00. The second-order valence-electron chi connectivity index (χ2n) is 8.07. The number of rotatable bonds is 4. The van der Waals surface area contributed by atoms with Gasteiger partial charge in [-0.25, -0.2) is 0 Å². The smallest absolute Gasteiger partial charge is 0.0130 e. The molecule has 1 heterocycles. The Labute approximate surface area is 108 Å². The first-order chi connectivity index (χ1) is 7.62. The van der Waals surface area contributed by atoms with Crippen LogP contribution in [0.25, 0.3) is 0 Å². The van der Waals surface area contributed by atoms with Crippen LogP contribution in [0.4, 0.5) is 0 Å². The number of piperidine rings is 1. The van der Waals surface area contributed by atoms with Gasteiger partial charge in [-0.05, 0) is 50.5 Å². The molecule has 1 fully saturated rings. The van der Waals surface area contributed by atoms with Crippen LogP contribution < -0.4 is 10.6 Å². The second-order valence-corrected chi connectivity index (χ2v) is 8.07. The van der Waals surface area contributed by atoms with Gasteiger partial charge in [0.25, 0.3) is 0 Å². The Hall–Kier alpha value is -0.0800. The van der Waals surface area contributed by atoms with Crippen LogP contribution in [-0.2, 0) is 0 Å². The maximum atomic E-state index is 3.79. The molecular weight excluding hydrogens is 208 g/mol. The topological polar surface area (TPSA) is 24.1 Å². The van der Waals surface area contributed by atoms with Gasteiger partial charge in [0.05, 0.1) is 0 Å². The van der Waals surface area contributed by atoms with Crippen LogP contribution >= 0.6 is 0 Å². The van der Waals surface area contributed by atoms with Crippen molar-refractivity contribution in [1.29, 1.82) is 0 Å². The molecule has 0 saturated carbocycles. The highest BCUT2D eigenvalue weighted by Gasteiger charge is 2.31. The molecule has 0 aromatic rings. The van der Waals surface area contributed by atoms with Crippen LogP contribution in [0.3, 0.4) is 0 Å². The van der Waals surface area contributed by atoms with Crippen LogP contribution in [0.5, 0.6) is 0 Å². The lowest BCUT2D eigenvalue weighted by Gasteiger charge is -2.40. The summed E-state index contributed by atoms with van der Waals surface area (Å²) in [6.45, 7) is 17.5. The molecule has 0 spiro atoms. The van der Waals surface area contributed by atoms with E-state index in [-0.39, 0.29) is 5.54 Å². The molecule has 0 amide bonds. The summed E-state index contributed by atoms with van der Waals surface area (Å²) in [6.07, 6.45) is 3.87. The molecular formula is C15H32N2. The van der Waals surface area contributed by atoms with Crippen LogP contribution in [0.2, 0.25) is 0 Å². The molecule has 2 nitrogen and oxygen atoms in total. The van der Waals surface area contributed by atoms with Gasteiger partial charge in [-0.2, -0.15) is 0 Å². The van der Waals surface area contributed by atoms with E-state index in [9.17, 15) is 0 Å². The van der Waals surface area contributed by atoms with Gasteiger partial charge in [-0.15, -0.1) is 0 Å². The number of nitrogens with one attached hydrogen (secondary N) is 2. The Morgan fingerprint density at radius 2 is 1.82 bits per heavy atom. The predicted molar refractivity (Wildman–Crippen MR) is 76.4 cm³/mol. The van der Waals surface area contributed by atoms with E-state index < -0.39 is 0 Å². The van der Waals surface area contributed by atoms with Crippen molar-refractivity contribution < 1.29 is 0 Å². The maximum Gasteiger partial charge on any atom is 0.0130 e. The van der Waals surface area contributed by atoms with Crippen molar-refractivity contribution in [2.45, 2.75) is 66.3 Å². The highest BCUT2D eigenvalue weighted by molar-refractivity contribution is 4.89. The predicted octanol–water partition coefficient (Wildman–Crippen LogP) is 3.18. The minimum Gasteiger partial charge on any atom is -0.316 e. The number of hydrogen-bond donors (Lipinski definition) is 2. The van der Waals surface area contributed by atoms with Gasteiger partial charge in [0.1, 0.15) is 0 Å². The molecule has 1 unspecified atom stereocenters. The van der Waals surface area contributed by atoms with Crippen molar-refractivity contribution in [2.75, 3.05) is 19.6 Å². The molecule has 1 saturated heterocycles. The van der Waals surface area contributed by atoms with Crippen molar-refractivity contribution in [2.24, 2.45) is 10.8 Å². The summed E-state index contributed by atoms with van der Waals surface area (Å²) in [6, 6.07) is 0. The van der Waals surface area contributed by atoms with E-state index in [1.165, 1.54) is 25.8 Å². The van der Waals surface area contributed by atoms with E-state index in [0.29, 0.717) is 10.8 Å². The number of hydrogen-bond acceptors (Lipinski definition) is 2. The highest BCUT2D eigenvalue weighted by Crippen LogP contribution is 2.29. The van der Waals surface area contributed by atoms with E-state index in [2.05, 4.69) is 52.2 Å². The Bertz CT molecular complexity index is 232. The molecule has 0 aromatic carbocycles. The van der Waals surface area contributed by atoms with Crippen molar-refractivity contribution in [3.05, 3.63) is 0 Å². The van der Waals surface area contributed by atoms with Crippen LogP contribution in [0, 0.1) is 10.8 Å². The van der Waals surface area contributed by atoms with Gasteiger partial charge >= 0.3 is 0 Å². The van der Waals surface area contributed by atoms with Crippen molar-refractivity contribution in [3.63, 3.8) is 0 Å². The first-order valence-electron chi connectivity index (χ1n) is 7.08. The summed E-state index contributed by atoms with van der Waals surface area (Å²) in [7, 11) is 0. The third-order valence-electron chi connectivity index (χ3n) is 3.65. The fourth-order valence-corrected chi connectivity index (χ4v) is 3.11. The summed E-state index contributed by atoms with van der Waals surface area (Å²) < 4.78 is 0. The molecule has 1 aliphatic rings. The summed E-state index contributed by atoms with van der Waals surface area (Å²) in [4.78, 5) is 0. The summed E-state index contributed by atoms with van der Waals surface area (Å²) in [5.41, 5.74) is 1.06. The molecule has 0 aliphatic carbocycles. The highest BCUT2D eigenvalue weighted by atomic mass is 15.0. The van der Waals surface area contributed by atoms with E-state index in [0.717, 1.165) is 13.1 Å². The van der Waals surface area contributed by atoms with Crippen LogP contribution in [0.15, 0.2) is 0 Å². The summed E-state index contributed by atoms with van der Waals surface area (Å²) >= 11 is 0. The summed E-state index contributed by atoms with van der Waals surface area (Å²) in [5, 5.41) is 7.31. The lowest BCUT2D eigenvalue weighted by molar-refractivity contribution is 0.176. The zero-order valence-corrected chi connectivity index (χ0v) is 12.7. The minimum absolute atomic E-state index is 0.235. The maximum absolute atomic E-state index is 3.79. The lowest BCUT2D eigenvalue weighted by Crippen LogP contribution is -2.51. The third kappa shape index (κ3) is 5.87. The Balaban J connectivity index is 2.42. The third-order valence-corrected chi connectivity index (χ3v) is 3.65. The average molecular weight is 240 g/mol. The normalized spacial score (nSPS) is 27.2. The van der Waals surface area contributed by atoms with Crippen molar-refractivity contribution >= 4 is 0 Å². The zero-order valence-electron chi connectivity index (χ0n) is 12.7. The van der Waals surface area contributed by atoms with Gasteiger partial charge in [-0.3, -0.25) is 0 Å². The van der Waals surface area contributed by atoms with E-state index in [4.69, 9.17) is 0 Å². The van der Waals surface area contributed by atoms with Gasteiger partial charge < -0.3 is 10.6 Å². The first-order valence-corrected chi connectivity index (χ1v) is 7.08. The van der Waals surface area contributed by atoms with Gasteiger partial charge in [0, 0.05) is 18.6 Å². The molecule has 0 aromatic heterocycles. The second kappa shape index (κ2) is 5.27.